The monoisotopic (exact) mass is 246 g/mol. The molecule has 4 nitrogen and oxygen atoms in total. The van der Waals surface area contributed by atoms with Crippen molar-refractivity contribution in [2.75, 3.05) is 6.26 Å². The molecule has 0 fully saturated rings. The van der Waals surface area contributed by atoms with E-state index in [2.05, 4.69) is 0 Å². The van der Waals surface area contributed by atoms with Crippen LogP contribution in [0.25, 0.3) is 0 Å². The highest BCUT2D eigenvalue weighted by molar-refractivity contribution is 7.90. The van der Waals surface area contributed by atoms with Crippen molar-refractivity contribution in [3.05, 3.63) is 23.5 Å². The zero-order valence-electron chi connectivity index (χ0n) is 8.82. The Labute approximate surface area is 92.6 Å². The second-order valence-electron chi connectivity index (χ2n) is 3.54. The van der Waals surface area contributed by atoms with E-state index in [1.807, 2.05) is 0 Å². The maximum absolute atomic E-state index is 13.7. The highest BCUT2D eigenvalue weighted by Gasteiger charge is 2.22. The Bertz CT molecular complexity index is 534. The molecule has 88 valence electrons. The van der Waals surface area contributed by atoms with Crippen LogP contribution in [0.1, 0.15) is 12.5 Å². The fourth-order valence-corrected chi connectivity index (χ4v) is 2.25. The number of aromatic hydroxyl groups is 1. The second kappa shape index (κ2) is 4.21. The first kappa shape index (κ1) is 12.6. The number of carbonyl (C=O) groups excluding carboxylic acids is 1. The van der Waals surface area contributed by atoms with E-state index in [0.29, 0.717) is 0 Å². The molecule has 0 aromatic heterocycles. The molecule has 1 aromatic carbocycles. The van der Waals surface area contributed by atoms with Gasteiger partial charge in [0.15, 0.2) is 9.84 Å². The minimum Gasteiger partial charge on any atom is -0.506 e. The zero-order valence-corrected chi connectivity index (χ0v) is 9.64. The van der Waals surface area contributed by atoms with E-state index in [4.69, 9.17) is 0 Å². The van der Waals surface area contributed by atoms with Gasteiger partial charge in [0.1, 0.15) is 22.2 Å². The standard InChI is InChI=1S/C10H11FO4S/c1-6(12)5-7-3-4-8(13)10(9(7)11)16(2,14)15/h3-4,13H,5H2,1-2H3. The summed E-state index contributed by atoms with van der Waals surface area (Å²) < 4.78 is 36.2. The lowest BCUT2D eigenvalue weighted by Gasteiger charge is -2.07. The summed E-state index contributed by atoms with van der Waals surface area (Å²) in [6.07, 6.45) is 0.595. The average molecular weight is 246 g/mol. The fraction of sp³-hybridized carbons (Fsp3) is 0.300. The Balaban J connectivity index is 3.45. The van der Waals surface area contributed by atoms with Crippen molar-refractivity contribution in [3.63, 3.8) is 0 Å². The van der Waals surface area contributed by atoms with Crippen LogP contribution in [0.3, 0.4) is 0 Å². The highest BCUT2D eigenvalue weighted by atomic mass is 32.2. The van der Waals surface area contributed by atoms with E-state index < -0.39 is 26.3 Å². The minimum atomic E-state index is -3.86. The van der Waals surface area contributed by atoms with Crippen molar-refractivity contribution >= 4 is 15.6 Å². The maximum Gasteiger partial charge on any atom is 0.182 e. The first-order valence-corrected chi connectivity index (χ1v) is 6.32. The quantitative estimate of drug-likeness (QED) is 0.865. The van der Waals surface area contributed by atoms with Gasteiger partial charge in [0.25, 0.3) is 0 Å². The number of hydrogen-bond donors (Lipinski definition) is 1. The van der Waals surface area contributed by atoms with Crippen molar-refractivity contribution in [1.82, 2.24) is 0 Å². The number of Topliss-reactive ketones (excluding diaryl/α,β-unsaturated/α-hetero) is 1. The van der Waals surface area contributed by atoms with Crippen molar-refractivity contribution in [3.8, 4) is 5.75 Å². The van der Waals surface area contributed by atoms with Gasteiger partial charge in [0.05, 0.1) is 0 Å². The third-order valence-electron chi connectivity index (χ3n) is 1.97. The molecule has 0 aliphatic rings. The SMILES string of the molecule is CC(=O)Cc1ccc(O)c(S(C)(=O)=O)c1F. The van der Waals surface area contributed by atoms with E-state index in [1.54, 1.807) is 0 Å². The Morgan fingerprint density at radius 2 is 2.00 bits per heavy atom. The molecule has 1 N–H and O–H groups in total. The normalized spacial score (nSPS) is 11.4. The summed E-state index contributed by atoms with van der Waals surface area (Å²) in [5.41, 5.74) is -0.0364. The summed E-state index contributed by atoms with van der Waals surface area (Å²) in [5, 5.41) is 9.28. The molecular formula is C10H11FO4S. The van der Waals surface area contributed by atoms with E-state index in [-0.39, 0.29) is 17.8 Å². The predicted molar refractivity (Wildman–Crippen MR) is 55.6 cm³/mol. The molecule has 0 spiro atoms. The van der Waals surface area contributed by atoms with E-state index in [9.17, 15) is 22.7 Å². The van der Waals surface area contributed by atoms with Crippen LogP contribution in [0.5, 0.6) is 5.75 Å². The van der Waals surface area contributed by atoms with Gasteiger partial charge in [-0.25, -0.2) is 12.8 Å². The number of rotatable bonds is 3. The molecule has 0 heterocycles. The van der Waals surface area contributed by atoms with Gasteiger partial charge in [-0.1, -0.05) is 6.07 Å². The molecule has 1 aromatic rings. The summed E-state index contributed by atoms with van der Waals surface area (Å²) in [7, 11) is -3.86. The molecule has 1 rings (SSSR count). The summed E-state index contributed by atoms with van der Waals surface area (Å²) in [6.45, 7) is 1.27. The van der Waals surface area contributed by atoms with Gasteiger partial charge < -0.3 is 5.11 Å². The number of benzene rings is 1. The van der Waals surface area contributed by atoms with Crippen LogP contribution >= 0.6 is 0 Å². The van der Waals surface area contributed by atoms with Crippen molar-refractivity contribution in [1.29, 1.82) is 0 Å². The lowest BCUT2D eigenvalue weighted by molar-refractivity contribution is -0.116. The number of phenols is 1. The second-order valence-corrected chi connectivity index (χ2v) is 5.49. The highest BCUT2D eigenvalue weighted by Crippen LogP contribution is 2.28. The molecule has 16 heavy (non-hydrogen) atoms. The van der Waals surface area contributed by atoms with Gasteiger partial charge >= 0.3 is 0 Å². The van der Waals surface area contributed by atoms with Crippen LogP contribution in [0.15, 0.2) is 17.0 Å². The van der Waals surface area contributed by atoms with Crippen LogP contribution in [0, 0.1) is 5.82 Å². The molecule has 0 atom stereocenters. The molecular weight excluding hydrogens is 235 g/mol. The van der Waals surface area contributed by atoms with Crippen LogP contribution in [-0.4, -0.2) is 25.6 Å². The smallest absolute Gasteiger partial charge is 0.182 e. The largest absolute Gasteiger partial charge is 0.506 e. The molecule has 0 bridgehead atoms. The van der Waals surface area contributed by atoms with Gasteiger partial charge in [0, 0.05) is 12.7 Å². The minimum absolute atomic E-state index is 0.0364. The zero-order chi connectivity index (χ0) is 12.5. The first-order chi connectivity index (χ1) is 7.23. The predicted octanol–water partition coefficient (Wildman–Crippen LogP) is 1.07. The van der Waals surface area contributed by atoms with Crippen LogP contribution < -0.4 is 0 Å². The van der Waals surface area contributed by atoms with E-state index >= 15 is 0 Å². The van der Waals surface area contributed by atoms with E-state index in [1.165, 1.54) is 13.0 Å². The third-order valence-corrected chi connectivity index (χ3v) is 3.10. The first-order valence-electron chi connectivity index (χ1n) is 4.43. The number of halogens is 1. The number of hydrogen-bond acceptors (Lipinski definition) is 4. The van der Waals surface area contributed by atoms with Gasteiger partial charge in [0.2, 0.25) is 0 Å². The molecule has 0 radical (unpaired) electrons. The molecule has 0 saturated carbocycles. The van der Waals surface area contributed by atoms with Gasteiger partial charge in [-0.2, -0.15) is 0 Å². The average Bonchev–Trinajstić information content (AvgIpc) is 2.07. The lowest BCUT2D eigenvalue weighted by atomic mass is 10.1. The summed E-state index contributed by atoms with van der Waals surface area (Å²) in [4.78, 5) is 10.1. The topological polar surface area (TPSA) is 71.4 Å². The van der Waals surface area contributed by atoms with Gasteiger partial charge in [-0.05, 0) is 18.6 Å². The molecule has 0 amide bonds. The summed E-state index contributed by atoms with van der Waals surface area (Å²) in [5.74, 6) is -1.99. The van der Waals surface area contributed by atoms with Crippen molar-refractivity contribution in [2.45, 2.75) is 18.2 Å². The van der Waals surface area contributed by atoms with Crippen molar-refractivity contribution in [2.24, 2.45) is 0 Å². The number of phenolic OH excluding ortho intramolecular Hbond substituents is 1. The van der Waals surface area contributed by atoms with Gasteiger partial charge in [-0.3, -0.25) is 4.79 Å². The Hall–Kier alpha value is -1.43. The maximum atomic E-state index is 13.7. The Morgan fingerprint density at radius 3 is 2.44 bits per heavy atom. The fourth-order valence-electron chi connectivity index (χ4n) is 1.34. The molecule has 0 saturated heterocycles. The number of carbonyl (C=O) groups is 1. The summed E-state index contributed by atoms with van der Waals surface area (Å²) in [6, 6.07) is 2.26. The molecule has 6 heteroatoms. The lowest BCUT2D eigenvalue weighted by Crippen LogP contribution is -2.06. The Morgan fingerprint density at radius 1 is 1.44 bits per heavy atom. The van der Waals surface area contributed by atoms with Crippen LogP contribution in [0.2, 0.25) is 0 Å². The van der Waals surface area contributed by atoms with Gasteiger partial charge in [-0.15, -0.1) is 0 Å². The molecule has 0 unspecified atom stereocenters. The van der Waals surface area contributed by atoms with Crippen molar-refractivity contribution < 1.29 is 22.7 Å². The third kappa shape index (κ3) is 2.57. The summed E-state index contributed by atoms with van der Waals surface area (Å²) >= 11 is 0. The Kier molecular flexibility index (Phi) is 3.32. The van der Waals surface area contributed by atoms with Crippen LogP contribution in [0.4, 0.5) is 4.39 Å². The van der Waals surface area contributed by atoms with Crippen LogP contribution in [-0.2, 0) is 21.1 Å². The molecule has 0 aliphatic carbocycles. The molecule has 0 aliphatic heterocycles. The van der Waals surface area contributed by atoms with E-state index in [0.717, 1.165) is 12.3 Å². The number of ketones is 1. The number of sulfone groups is 1.